The lowest BCUT2D eigenvalue weighted by atomic mass is 9.94. The smallest absolute Gasteiger partial charge is 0.145 e. The maximum absolute atomic E-state index is 10.9. The average molecular weight is 467 g/mol. The first kappa shape index (κ1) is 26.7. The highest BCUT2D eigenvalue weighted by molar-refractivity contribution is 7.99. The van der Waals surface area contributed by atoms with Gasteiger partial charge >= 0.3 is 0 Å². The number of benzene rings is 1. The summed E-state index contributed by atoms with van der Waals surface area (Å²) in [5.74, 6) is -0.0125. The van der Waals surface area contributed by atoms with Gasteiger partial charge in [-0.3, -0.25) is 0 Å². The molecule has 1 aliphatic carbocycles. The van der Waals surface area contributed by atoms with Crippen LogP contribution in [0.15, 0.2) is 80.7 Å². The molecule has 0 spiro atoms. The number of thioether (sulfide) groups is 1. The number of nitrogens with zero attached hydrogens (tertiary/aromatic N) is 1. The molecule has 0 unspecified atom stereocenters. The molecule has 0 heterocycles. The number of likely N-dealkylation sites (N-methyl/N-ethyl adjacent to an activating group) is 1. The Balaban J connectivity index is 2.24. The quantitative estimate of drug-likeness (QED) is 0.136. The molecule has 2 rings (SSSR count). The summed E-state index contributed by atoms with van der Waals surface area (Å²) < 4.78 is 0. The van der Waals surface area contributed by atoms with E-state index in [2.05, 4.69) is 61.7 Å². The molecule has 0 aliphatic heterocycles. The monoisotopic (exact) mass is 466 g/mol. The van der Waals surface area contributed by atoms with Crippen molar-refractivity contribution in [3.05, 3.63) is 76.4 Å². The molecule has 1 aromatic rings. The molecule has 6 heteroatoms. The minimum atomic E-state index is -0.0125. The van der Waals surface area contributed by atoms with Crippen molar-refractivity contribution < 1.29 is 5.11 Å². The van der Waals surface area contributed by atoms with Crippen LogP contribution in [0.4, 0.5) is 0 Å². The molecular formula is C27H38N4OS. The second-order valence-corrected chi connectivity index (χ2v) is 10.0. The maximum atomic E-state index is 10.9. The van der Waals surface area contributed by atoms with E-state index in [1.165, 1.54) is 16.5 Å². The van der Waals surface area contributed by atoms with Crippen LogP contribution in [0.2, 0.25) is 0 Å². The van der Waals surface area contributed by atoms with Gasteiger partial charge in [0.25, 0.3) is 0 Å². The van der Waals surface area contributed by atoms with Gasteiger partial charge in [0, 0.05) is 41.2 Å². The normalized spacial score (nSPS) is 15.7. The Morgan fingerprint density at radius 1 is 1.18 bits per heavy atom. The number of nitrogens with one attached hydrogen (secondary N) is 3. The van der Waals surface area contributed by atoms with E-state index in [1.807, 2.05) is 31.7 Å². The Morgan fingerprint density at radius 2 is 1.88 bits per heavy atom. The number of hydrogen-bond donors (Lipinski definition) is 4. The van der Waals surface area contributed by atoms with Crippen molar-refractivity contribution >= 4 is 23.2 Å². The summed E-state index contributed by atoms with van der Waals surface area (Å²) in [5.41, 5.74) is 5.57. The van der Waals surface area contributed by atoms with Crippen molar-refractivity contribution in [1.82, 2.24) is 10.6 Å². The van der Waals surface area contributed by atoms with Gasteiger partial charge in [0.2, 0.25) is 0 Å². The minimum absolute atomic E-state index is 0.0125. The van der Waals surface area contributed by atoms with Crippen LogP contribution < -0.4 is 10.6 Å². The van der Waals surface area contributed by atoms with Gasteiger partial charge in [0.15, 0.2) is 0 Å². The molecule has 0 saturated carbocycles. The molecule has 5 nitrogen and oxygen atoms in total. The lowest BCUT2D eigenvalue weighted by Gasteiger charge is -2.15. The molecule has 1 aliphatic rings. The van der Waals surface area contributed by atoms with E-state index in [1.54, 1.807) is 7.05 Å². The Morgan fingerprint density at radius 3 is 2.42 bits per heavy atom. The third-order valence-electron chi connectivity index (χ3n) is 5.36. The molecule has 0 radical (unpaired) electrons. The summed E-state index contributed by atoms with van der Waals surface area (Å²) in [5, 5.41) is 26.3. The summed E-state index contributed by atoms with van der Waals surface area (Å²) in [4.78, 5) is 5.95. The van der Waals surface area contributed by atoms with Crippen LogP contribution in [0, 0.1) is 5.41 Å². The number of rotatable bonds is 11. The molecule has 0 bridgehead atoms. The van der Waals surface area contributed by atoms with Crippen molar-refractivity contribution in [3.8, 4) is 0 Å². The summed E-state index contributed by atoms with van der Waals surface area (Å²) in [6.07, 6.45) is 7.30. The largest absolute Gasteiger partial charge is 0.506 e. The zero-order valence-electron chi connectivity index (χ0n) is 20.7. The van der Waals surface area contributed by atoms with Crippen LogP contribution in [-0.4, -0.2) is 41.9 Å². The lowest BCUT2D eigenvalue weighted by molar-refractivity contribution is 0.421. The summed E-state index contributed by atoms with van der Waals surface area (Å²) in [6.45, 7) is 12.1. The standard InChI is InChI=1S/C27H38N4OS/c1-7-30-17-21-8-10-23(11-9-21)25(28)16-26(32)27(20(5)29-6)31-19(4)22-12-14-24(15-13-22)33-18(2)3/h8,10,12-16,18,28-30,32H,7,9,11,17H2,1-6H3/b26-16-,27-20-,28-25?,31-19+. The van der Waals surface area contributed by atoms with Gasteiger partial charge in [-0.2, -0.15) is 0 Å². The molecular weight excluding hydrogens is 428 g/mol. The molecule has 0 atom stereocenters. The first-order valence-corrected chi connectivity index (χ1v) is 12.4. The summed E-state index contributed by atoms with van der Waals surface area (Å²) >= 11 is 1.83. The first-order valence-electron chi connectivity index (χ1n) is 11.5. The van der Waals surface area contributed by atoms with Crippen molar-refractivity contribution in [3.63, 3.8) is 0 Å². The second kappa shape index (κ2) is 13.2. The van der Waals surface area contributed by atoms with E-state index in [4.69, 9.17) is 10.4 Å². The van der Waals surface area contributed by atoms with Crippen molar-refractivity contribution in [2.24, 2.45) is 4.99 Å². The summed E-state index contributed by atoms with van der Waals surface area (Å²) in [7, 11) is 1.80. The maximum Gasteiger partial charge on any atom is 0.145 e. The zero-order valence-corrected chi connectivity index (χ0v) is 21.6. The third-order valence-corrected chi connectivity index (χ3v) is 6.38. The van der Waals surface area contributed by atoms with Gasteiger partial charge in [-0.25, -0.2) is 4.99 Å². The van der Waals surface area contributed by atoms with E-state index < -0.39 is 0 Å². The van der Waals surface area contributed by atoms with Crippen LogP contribution in [0.25, 0.3) is 0 Å². The van der Waals surface area contributed by atoms with E-state index >= 15 is 0 Å². The third kappa shape index (κ3) is 8.37. The van der Waals surface area contributed by atoms with Gasteiger partial charge in [-0.05, 0) is 56.5 Å². The minimum Gasteiger partial charge on any atom is -0.506 e. The zero-order chi connectivity index (χ0) is 24.4. The van der Waals surface area contributed by atoms with Crippen LogP contribution in [0.3, 0.4) is 0 Å². The van der Waals surface area contributed by atoms with Gasteiger partial charge in [0.05, 0.1) is 5.71 Å². The highest BCUT2D eigenvalue weighted by atomic mass is 32.2. The van der Waals surface area contributed by atoms with Crippen LogP contribution in [-0.2, 0) is 0 Å². The van der Waals surface area contributed by atoms with Gasteiger partial charge in [-0.1, -0.05) is 50.6 Å². The summed E-state index contributed by atoms with van der Waals surface area (Å²) in [6, 6.07) is 8.32. The number of hydrogen-bond acceptors (Lipinski definition) is 6. The fraction of sp³-hybridized carbons (Fsp3) is 0.407. The van der Waals surface area contributed by atoms with Crippen molar-refractivity contribution in [2.75, 3.05) is 20.1 Å². The van der Waals surface area contributed by atoms with E-state index in [-0.39, 0.29) is 5.76 Å². The number of aliphatic hydroxyl groups excluding tert-OH is 1. The SMILES string of the molecule is CCNCC1=CC=C(C(=N)/C=C(O)/C(/N=C(\C)c2ccc(SC(C)C)cc2)=C(\C)NC)CC1. The Labute approximate surface area is 203 Å². The molecule has 1 aromatic carbocycles. The van der Waals surface area contributed by atoms with Crippen molar-refractivity contribution in [1.29, 1.82) is 5.41 Å². The molecule has 4 N–H and O–H groups in total. The fourth-order valence-electron chi connectivity index (χ4n) is 3.37. The van der Waals surface area contributed by atoms with Gasteiger partial charge in [0.1, 0.15) is 11.5 Å². The second-order valence-electron chi connectivity index (χ2n) is 8.35. The number of aliphatic imine (C=N–C) groups is 1. The molecule has 0 amide bonds. The molecule has 178 valence electrons. The molecule has 33 heavy (non-hydrogen) atoms. The Hall–Kier alpha value is -2.57. The Bertz CT molecular complexity index is 982. The predicted octanol–water partition coefficient (Wildman–Crippen LogP) is 6.16. The predicted molar refractivity (Wildman–Crippen MR) is 144 cm³/mol. The van der Waals surface area contributed by atoms with E-state index in [0.29, 0.717) is 16.7 Å². The van der Waals surface area contributed by atoms with E-state index in [0.717, 1.165) is 48.5 Å². The van der Waals surface area contributed by atoms with Gasteiger partial charge < -0.3 is 21.1 Å². The fourth-order valence-corrected chi connectivity index (χ4v) is 4.20. The van der Waals surface area contributed by atoms with E-state index in [9.17, 15) is 5.11 Å². The van der Waals surface area contributed by atoms with Crippen molar-refractivity contribution in [2.45, 2.75) is 57.6 Å². The van der Waals surface area contributed by atoms with Crippen LogP contribution >= 0.6 is 11.8 Å². The molecule has 0 aromatic heterocycles. The Kier molecular flexibility index (Phi) is 10.7. The average Bonchev–Trinajstić information content (AvgIpc) is 2.80. The first-order chi connectivity index (χ1) is 15.7. The highest BCUT2D eigenvalue weighted by Crippen LogP contribution is 2.24. The number of allylic oxidation sites excluding steroid dienone is 5. The lowest BCUT2D eigenvalue weighted by Crippen LogP contribution is -2.17. The number of aliphatic hydroxyl groups is 1. The molecule has 0 fully saturated rings. The highest BCUT2D eigenvalue weighted by Gasteiger charge is 2.13. The van der Waals surface area contributed by atoms with Crippen LogP contribution in [0.5, 0.6) is 0 Å². The van der Waals surface area contributed by atoms with Gasteiger partial charge in [-0.15, -0.1) is 11.8 Å². The van der Waals surface area contributed by atoms with Crippen LogP contribution in [0.1, 0.15) is 53.0 Å². The topological polar surface area (TPSA) is 80.5 Å². The molecule has 0 saturated heterocycles.